The van der Waals surface area contributed by atoms with Gasteiger partial charge in [0.25, 0.3) is 0 Å². The fourth-order valence-corrected chi connectivity index (χ4v) is 2.02. The summed E-state index contributed by atoms with van der Waals surface area (Å²) in [7, 11) is 1.18. The molecule has 1 heterocycles. The van der Waals surface area contributed by atoms with E-state index in [0.29, 0.717) is 5.56 Å². The standard InChI is InChI=1S/C14H13F3N2O3/c1-7-3-4-8(13(21)22-2)5-9(7)11-12(14(15,16)17)19-10(6-20)18-11/h3-5,20H,6H2,1-2H3,(H,18,19). The van der Waals surface area contributed by atoms with Gasteiger partial charge in [-0.1, -0.05) is 6.07 Å². The number of H-pyrrole nitrogens is 1. The molecule has 2 rings (SSSR count). The maximum absolute atomic E-state index is 13.1. The summed E-state index contributed by atoms with van der Waals surface area (Å²) in [5, 5.41) is 9.00. The number of carbonyl (C=O) groups is 1. The minimum atomic E-state index is -4.66. The molecular formula is C14H13F3N2O3. The van der Waals surface area contributed by atoms with E-state index in [1.807, 2.05) is 0 Å². The number of aliphatic hydroxyl groups is 1. The normalized spacial score (nSPS) is 11.5. The van der Waals surface area contributed by atoms with Crippen molar-refractivity contribution in [3.63, 3.8) is 0 Å². The van der Waals surface area contributed by atoms with Crippen LogP contribution in [0, 0.1) is 6.92 Å². The highest BCUT2D eigenvalue weighted by molar-refractivity contribution is 5.91. The molecule has 22 heavy (non-hydrogen) atoms. The van der Waals surface area contributed by atoms with Gasteiger partial charge in [-0.25, -0.2) is 9.78 Å². The van der Waals surface area contributed by atoms with Gasteiger partial charge in [0.1, 0.15) is 23.8 Å². The van der Waals surface area contributed by atoms with Gasteiger partial charge in [-0.3, -0.25) is 0 Å². The third-order valence-electron chi connectivity index (χ3n) is 3.10. The molecule has 0 aliphatic rings. The van der Waals surface area contributed by atoms with Crippen LogP contribution in [0.2, 0.25) is 0 Å². The molecule has 0 bridgehead atoms. The molecule has 0 saturated heterocycles. The zero-order valence-electron chi connectivity index (χ0n) is 11.8. The van der Waals surface area contributed by atoms with Crippen molar-refractivity contribution in [1.29, 1.82) is 0 Å². The predicted octanol–water partition coefficient (Wildman–Crippen LogP) is 2.68. The lowest BCUT2D eigenvalue weighted by Gasteiger charge is -2.10. The molecule has 0 aliphatic carbocycles. The molecule has 5 nitrogen and oxygen atoms in total. The number of hydrogen-bond donors (Lipinski definition) is 2. The number of aryl methyl sites for hydroxylation is 1. The van der Waals surface area contributed by atoms with E-state index >= 15 is 0 Å². The first-order valence-electron chi connectivity index (χ1n) is 6.24. The molecule has 1 aromatic heterocycles. The van der Waals surface area contributed by atoms with Crippen LogP contribution in [0.1, 0.15) is 27.4 Å². The van der Waals surface area contributed by atoms with E-state index in [2.05, 4.69) is 14.7 Å². The fraction of sp³-hybridized carbons (Fsp3) is 0.286. The Bertz CT molecular complexity index is 708. The molecule has 0 amide bonds. The first-order valence-corrected chi connectivity index (χ1v) is 6.24. The van der Waals surface area contributed by atoms with Crippen LogP contribution >= 0.6 is 0 Å². The Morgan fingerprint density at radius 2 is 2.09 bits per heavy atom. The average molecular weight is 314 g/mol. The van der Waals surface area contributed by atoms with Gasteiger partial charge >= 0.3 is 12.1 Å². The summed E-state index contributed by atoms with van der Waals surface area (Å²) in [4.78, 5) is 17.4. The van der Waals surface area contributed by atoms with Crippen molar-refractivity contribution >= 4 is 5.97 Å². The first kappa shape index (κ1) is 16.0. The average Bonchev–Trinajstić information content (AvgIpc) is 2.91. The van der Waals surface area contributed by atoms with Crippen molar-refractivity contribution in [3.8, 4) is 11.3 Å². The Labute approximate surface area is 123 Å². The lowest BCUT2D eigenvalue weighted by molar-refractivity contribution is -0.140. The number of ether oxygens (including phenoxy) is 1. The SMILES string of the molecule is COC(=O)c1ccc(C)c(-c2nc(CO)[nH]c2C(F)(F)F)c1. The van der Waals surface area contributed by atoms with Crippen molar-refractivity contribution < 1.29 is 27.8 Å². The van der Waals surface area contributed by atoms with E-state index in [1.54, 1.807) is 6.92 Å². The van der Waals surface area contributed by atoms with Gasteiger partial charge in [-0.05, 0) is 24.6 Å². The van der Waals surface area contributed by atoms with Crippen LogP contribution in [0.25, 0.3) is 11.3 Å². The number of methoxy groups -OCH3 is 1. The number of hydrogen-bond acceptors (Lipinski definition) is 4. The minimum absolute atomic E-state index is 0.116. The lowest BCUT2D eigenvalue weighted by Crippen LogP contribution is -2.08. The molecule has 0 aliphatic heterocycles. The monoisotopic (exact) mass is 314 g/mol. The summed E-state index contributed by atoms with van der Waals surface area (Å²) < 4.78 is 43.9. The number of benzene rings is 1. The van der Waals surface area contributed by atoms with Crippen LogP contribution in [0.15, 0.2) is 18.2 Å². The third-order valence-corrected chi connectivity index (χ3v) is 3.10. The van der Waals surface area contributed by atoms with E-state index < -0.39 is 24.4 Å². The number of halogens is 3. The summed E-state index contributed by atoms with van der Waals surface area (Å²) in [6, 6.07) is 4.25. The second kappa shape index (κ2) is 5.80. The van der Waals surface area contributed by atoms with Crippen LogP contribution in [-0.2, 0) is 17.5 Å². The van der Waals surface area contributed by atoms with E-state index in [1.165, 1.54) is 25.3 Å². The predicted molar refractivity (Wildman–Crippen MR) is 71.0 cm³/mol. The molecule has 0 unspecified atom stereocenters. The Balaban J connectivity index is 2.65. The Kier molecular flexibility index (Phi) is 4.23. The Hall–Kier alpha value is -2.35. The van der Waals surface area contributed by atoms with Crippen LogP contribution in [0.3, 0.4) is 0 Å². The van der Waals surface area contributed by atoms with Crippen LogP contribution in [0.5, 0.6) is 0 Å². The van der Waals surface area contributed by atoms with Crippen molar-refractivity contribution in [1.82, 2.24) is 9.97 Å². The zero-order valence-corrected chi connectivity index (χ0v) is 11.8. The Morgan fingerprint density at radius 3 is 2.64 bits per heavy atom. The van der Waals surface area contributed by atoms with Gasteiger partial charge in [0, 0.05) is 5.56 Å². The number of nitrogens with one attached hydrogen (secondary N) is 1. The molecule has 8 heteroatoms. The highest BCUT2D eigenvalue weighted by atomic mass is 19.4. The molecule has 118 valence electrons. The second-order valence-electron chi connectivity index (χ2n) is 4.58. The number of alkyl halides is 3. The summed E-state index contributed by atoms with van der Waals surface area (Å²) >= 11 is 0. The van der Waals surface area contributed by atoms with Gasteiger partial charge in [0.05, 0.1) is 12.7 Å². The smallest absolute Gasteiger partial charge is 0.433 e. The number of esters is 1. The number of aliphatic hydroxyl groups excluding tert-OH is 1. The molecule has 0 saturated carbocycles. The number of aromatic amines is 1. The van der Waals surface area contributed by atoms with Gasteiger partial charge in [-0.15, -0.1) is 0 Å². The van der Waals surface area contributed by atoms with Crippen LogP contribution in [-0.4, -0.2) is 28.2 Å². The number of nitrogens with zero attached hydrogens (tertiary/aromatic N) is 1. The molecule has 0 atom stereocenters. The third kappa shape index (κ3) is 2.96. The molecular weight excluding hydrogens is 301 g/mol. The van der Waals surface area contributed by atoms with E-state index in [0.717, 1.165) is 0 Å². The van der Waals surface area contributed by atoms with Gasteiger partial charge in [0.2, 0.25) is 0 Å². The van der Waals surface area contributed by atoms with Gasteiger partial charge in [0.15, 0.2) is 0 Å². The highest BCUT2D eigenvalue weighted by Crippen LogP contribution is 2.37. The molecule has 0 radical (unpaired) electrons. The highest BCUT2D eigenvalue weighted by Gasteiger charge is 2.37. The van der Waals surface area contributed by atoms with E-state index in [9.17, 15) is 18.0 Å². The maximum Gasteiger partial charge on any atom is 0.433 e. The van der Waals surface area contributed by atoms with Crippen molar-refractivity contribution in [2.24, 2.45) is 0 Å². The number of imidazole rings is 1. The molecule has 2 aromatic rings. The van der Waals surface area contributed by atoms with E-state index in [-0.39, 0.29) is 22.6 Å². The van der Waals surface area contributed by atoms with Crippen LogP contribution in [0.4, 0.5) is 13.2 Å². The largest absolute Gasteiger partial charge is 0.465 e. The topological polar surface area (TPSA) is 75.2 Å². The zero-order chi connectivity index (χ0) is 16.5. The fourth-order valence-electron chi connectivity index (χ4n) is 2.02. The second-order valence-corrected chi connectivity index (χ2v) is 4.58. The molecule has 1 aromatic carbocycles. The van der Waals surface area contributed by atoms with Gasteiger partial charge < -0.3 is 14.8 Å². The molecule has 0 fully saturated rings. The van der Waals surface area contributed by atoms with Crippen molar-refractivity contribution in [2.75, 3.05) is 7.11 Å². The Morgan fingerprint density at radius 1 is 1.41 bits per heavy atom. The summed E-state index contributed by atoms with van der Waals surface area (Å²) in [5.74, 6) is -0.863. The lowest BCUT2D eigenvalue weighted by atomic mass is 10.0. The number of rotatable bonds is 3. The minimum Gasteiger partial charge on any atom is -0.465 e. The van der Waals surface area contributed by atoms with Crippen LogP contribution < -0.4 is 0 Å². The van der Waals surface area contributed by atoms with Gasteiger partial charge in [-0.2, -0.15) is 13.2 Å². The molecule has 2 N–H and O–H groups in total. The number of carbonyl (C=O) groups excluding carboxylic acids is 1. The quantitative estimate of drug-likeness (QED) is 0.854. The first-order chi connectivity index (χ1) is 10.3. The van der Waals surface area contributed by atoms with Crippen molar-refractivity contribution in [3.05, 3.63) is 40.8 Å². The summed E-state index contributed by atoms with van der Waals surface area (Å²) in [5.41, 5.74) is -0.661. The number of aromatic nitrogens is 2. The van der Waals surface area contributed by atoms with Crippen molar-refractivity contribution in [2.45, 2.75) is 19.7 Å². The maximum atomic E-state index is 13.1. The molecule has 0 spiro atoms. The van der Waals surface area contributed by atoms with E-state index in [4.69, 9.17) is 5.11 Å². The summed E-state index contributed by atoms with van der Waals surface area (Å²) in [6.07, 6.45) is -4.66. The summed E-state index contributed by atoms with van der Waals surface area (Å²) in [6.45, 7) is 0.947.